The molecule has 2 fully saturated rings. The van der Waals surface area contributed by atoms with E-state index in [1.54, 1.807) is 12.0 Å². The van der Waals surface area contributed by atoms with Gasteiger partial charge in [0.1, 0.15) is 5.82 Å². The Morgan fingerprint density at radius 3 is 2.40 bits per heavy atom. The number of rotatable bonds is 4. The molecule has 0 bridgehead atoms. The first-order valence-electron chi connectivity index (χ1n) is 14.4. The number of hydrogen-bond donors (Lipinski definition) is 0. The van der Waals surface area contributed by atoms with Gasteiger partial charge < -0.3 is 24.3 Å². The quantitative estimate of drug-likeness (QED) is 0.381. The highest BCUT2D eigenvalue weighted by Crippen LogP contribution is 2.37. The molecule has 3 aliphatic heterocycles. The Bertz CT molecular complexity index is 1320. The molecule has 1 unspecified atom stereocenters. The third kappa shape index (κ3) is 6.54. The lowest BCUT2D eigenvalue weighted by molar-refractivity contribution is 0.376. The van der Waals surface area contributed by atoms with E-state index in [2.05, 4.69) is 59.3 Å². The number of anilines is 2. The summed E-state index contributed by atoms with van der Waals surface area (Å²) in [5.41, 5.74) is 3.25. The van der Waals surface area contributed by atoms with Crippen molar-refractivity contribution >= 4 is 33.9 Å². The van der Waals surface area contributed by atoms with E-state index >= 15 is 0 Å². The van der Waals surface area contributed by atoms with E-state index in [4.69, 9.17) is 26.3 Å². The summed E-state index contributed by atoms with van der Waals surface area (Å²) < 4.78 is 5.46. The van der Waals surface area contributed by atoms with Crippen molar-refractivity contribution < 1.29 is 4.74 Å². The van der Waals surface area contributed by atoms with Gasteiger partial charge in [-0.05, 0) is 63.3 Å². The number of halogens is 1. The fraction of sp³-hybridized carbons (Fsp3) is 0.516. The molecule has 2 aromatic carbocycles. The molecular weight excluding hydrogens is 522 g/mol. The van der Waals surface area contributed by atoms with Gasteiger partial charge in [0.05, 0.1) is 30.4 Å². The molecule has 3 aromatic rings. The number of likely N-dealkylation sites (tertiary alicyclic amines) is 2. The van der Waals surface area contributed by atoms with E-state index in [0.29, 0.717) is 19.1 Å². The summed E-state index contributed by atoms with van der Waals surface area (Å²) >= 11 is 6.59. The lowest BCUT2D eigenvalue weighted by Crippen LogP contribution is -2.38. The van der Waals surface area contributed by atoms with Crippen LogP contribution in [0.3, 0.4) is 0 Å². The maximum absolute atomic E-state index is 9.24. The minimum atomic E-state index is 0.244. The minimum Gasteiger partial charge on any atom is -0.467 e. The molecular formula is C31H42ClN7O. The largest absolute Gasteiger partial charge is 0.467 e. The number of fused-ring (bicyclic) bond motifs is 2. The van der Waals surface area contributed by atoms with E-state index in [1.165, 1.54) is 25.9 Å². The molecule has 0 amide bonds. The Hall–Kier alpha value is -3.28. The monoisotopic (exact) mass is 563 g/mol. The predicted octanol–water partition coefficient (Wildman–Crippen LogP) is 5.58. The van der Waals surface area contributed by atoms with Gasteiger partial charge in [-0.3, -0.25) is 0 Å². The van der Waals surface area contributed by atoms with Crippen LogP contribution in [0.15, 0.2) is 36.4 Å². The van der Waals surface area contributed by atoms with Crippen LogP contribution in [0.25, 0.3) is 10.8 Å². The Morgan fingerprint density at radius 1 is 1.05 bits per heavy atom. The van der Waals surface area contributed by atoms with Crippen molar-refractivity contribution in [3.8, 4) is 12.2 Å². The van der Waals surface area contributed by atoms with Crippen LogP contribution in [-0.4, -0.2) is 79.7 Å². The normalized spacial score (nSPS) is 18.3. The van der Waals surface area contributed by atoms with Gasteiger partial charge in [-0.15, -0.1) is 0 Å². The molecule has 4 heterocycles. The summed E-state index contributed by atoms with van der Waals surface area (Å²) in [6, 6.07) is 12.9. The molecule has 9 heteroatoms. The van der Waals surface area contributed by atoms with E-state index in [0.717, 1.165) is 64.5 Å². The summed E-state index contributed by atoms with van der Waals surface area (Å²) in [4.78, 5) is 18.1. The zero-order valence-corrected chi connectivity index (χ0v) is 25.3. The van der Waals surface area contributed by atoms with Gasteiger partial charge in [0.2, 0.25) is 0 Å². The zero-order valence-electron chi connectivity index (χ0n) is 24.5. The number of nitrogens with zero attached hydrogens (tertiary/aromatic N) is 7. The lowest BCUT2D eigenvalue weighted by Gasteiger charge is -2.34. The first-order chi connectivity index (χ1) is 19.5. The van der Waals surface area contributed by atoms with Gasteiger partial charge in [-0.25, -0.2) is 0 Å². The van der Waals surface area contributed by atoms with E-state index in [9.17, 15) is 5.26 Å². The van der Waals surface area contributed by atoms with Gasteiger partial charge in [-0.2, -0.15) is 15.2 Å². The van der Waals surface area contributed by atoms with Crippen molar-refractivity contribution in [2.24, 2.45) is 0 Å². The highest BCUT2D eigenvalue weighted by atomic mass is 35.5. The van der Waals surface area contributed by atoms with Crippen LogP contribution in [0.4, 0.5) is 11.5 Å². The van der Waals surface area contributed by atoms with Crippen LogP contribution in [-0.2, 0) is 13.0 Å². The molecule has 3 aliphatic rings. The van der Waals surface area contributed by atoms with Gasteiger partial charge in [0.25, 0.3) is 0 Å². The van der Waals surface area contributed by atoms with E-state index in [1.807, 2.05) is 26.0 Å². The second-order valence-corrected chi connectivity index (χ2v) is 10.8. The Kier molecular flexibility index (Phi) is 10.3. The third-order valence-corrected chi connectivity index (χ3v) is 8.21. The average Bonchev–Trinajstić information content (AvgIpc) is 3.69. The second-order valence-electron chi connectivity index (χ2n) is 10.4. The van der Waals surface area contributed by atoms with Crippen molar-refractivity contribution in [3.05, 3.63) is 52.7 Å². The molecule has 0 radical (unpaired) electrons. The van der Waals surface area contributed by atoms with Crippen LogP contribution in [0, 0.1) is 11.5 Å². The average molecular weight is 564 g/mol. The smallest absolute Gasteiger partial charge is 0.318 e. The van der Waals surface area contributed by atoms with Crippen molar-refractivity contribution in [2.75, 3.05) is 63.7 Å². The summed E-state index contributed by atoms with van der Waals surface area (Å²) in [5.74, 6) is 0.909. The summed E-state index contributed by atoms with van der Waals surface area (Å²) in [6.45, 7) is 9.65. The molecule has 0 aliphatic carbocycles. The Labute approximate surface area is 244 Å². The standard InChI is InChI=1S/C24H25ClN6O.C5H11N.C2H6/c1-29(17-9-11-30(13-17)15-26)23-18-10-12-31(14-20(18)27-24(28-23)32-2)21-8-4-6-16-5-3-7-19(25)22(16)21;1-6-4-2-3-5-6;1-2/h3-8,17H,9-14H2,1-2H3;2-5H2,1H3;1-2H3. The molecule has 1 aromatic heterocycles. The maximum atomic E-state index is 9.24. The van der Waals surface area contributed by atoms with E-state index in [-0.39, 0.29) is 6.04 Å². The fourth-order valence-corrected chi connectivity index (χ4v) is 5.99. The highest BCUT2D eigenvalue weighted by molar-refractivity contribution is 6.36. The number of benzene rings is 2. The minimum absolute atomic E-state index is 0.244. The summed E-state index contributed by atoms with van der Waals surface area (Å²) in [5, 5.41) is 12.2. The SMILES string of the molecule is CC.CN1CCCC1.COc1nc2c(c(N(C)C3CCN(C#N)C3)n1)CCN(c1cccc3cccc(Cl)c13)C2. The van der Waals surface area contributed by atoms with Crippen LogP contribution in [0.1, 0.15) is 44.4 Å². The van der Waals surface area contributed by atoms with Crippen molar-refractivity contribution in [2.45, 2.75) is 52.1 Å². The first-order valence-corrected chi connectivity index (χ1v) is 14.8. The second kappa shape index (κ2) is 13.9. The molecule has 0 saturated carbocycles. The van der Waals surface area contributed by atoms with Gasteiger partial charge in [0.15, 0.2) is 6.19 Å². The predicted molar refractivity (Wildman–Crippen MR) is 164 cm³/mol. The number of aromatic nitrogens is 2. The number of likely N-dealkylation sites (N-methyl/N-ethyl adjacent to an activating group) is 1. The molecule has 40 heavy (non-hydrogen) atoms. The molecule has 2 saturated heterocycles. The molecule has 0 spiro atoms. The highest BCUT2D eigenvalue weighted by Gasteiger charge is 2.31. The van der Waals surface area contributed by atoms with Crippen LogP contribution in [0.2, 0.25) is 5.02 Å². The summed E-state index contributed by atoms with van der Waals surface area (Å²) in [7, 11) is 5.83. The van der Waals surface area contributed by atoms with Gasteiger partial charge >= 0.3 is 6.01 Å². The summed E-state index contributed by atoms with van der Waals surface area (Å²) in [6.07, 6.45) is 6.85. The van der Waals surface area contributed by atoms with Gasteiger partial charge in [0, 0.05) is 43.3 Å². The number of methoxy groups -OCH3 is 1. The van der Waals surface area contributed by atoms with Crippen LogP contribution >= 0.6 is 11.6 Å². The fourth-order valence-electron chi connectivity index (χ4n) is 5.71. The number of hydrogen-bond acceptors (Lipinski definition) is 8. The number of nitriles is 1. The van der Waals surface area contributed by atoms with E-state index < -0.39 is 0 Å². The molecule has 6 rings (SSSR count). The van der Waals surface area contributed by atoms with Crippen LogP contribution in [0.5, 0.6) is 6.01 Å². The molecule has 0 N–H and O–H groups in total. The van der Waals surface area contributed by atoms with Crippen molar-refractivity contribution in [1.29, 1.82) is 5.26 Å². The Balaban J connectivity index is 0.000000404. The molecule has 214 valence electrons. The van der Waals surface area contributed by atoms with Crippen LogP contribution < -0.4 is 14.5 Å². The van der Waals surface area contributed by atoms with Crippen molar-refractivity contribution in [3.63, 3.8) is 0 Å². The third-order valence-electron chi connectivity index (χ3n) is 7.89. The lowest BCUT2D eigenvalue weighted by atomic mass is 10.0. The first kappa shape index (κ1) is 29.7. The maximum Gasteiger partial charge on any atom is 0.318 e. The molecule has 8 nitrogen and oxygen atoms in total. The zero-order chi connectivity index (χ0) is 28.6. The molecule has 1 atom stereocenters. The van der Waals surface area contributed by atoms with Crippen molar-refractivity contribution in [1.82, 2.24) is 19.8 Å². The number of ether oxygens (including phenoxy) is 1. The Morgan fingerprint density at radius 2 is 1.77 bits per heavy atom. The van der Waals surface area contributed by atoms with Gasteiger partial charge in [-0.1, -0.05) is 49.7 Å². The topological polar surface area (TPSA) is 71.8 Å².